The molecule has 2 aromatic heterocycles. The van der Waals surface area contributed by atoms with E-state index in [4.69, 9.17) is 22.3 Å². The lowest BCUT2D eigenvalue weighted by molar-refractivity contribution is 0.358. The van der Waals surface area contributed by atoms with Gasteiger partial charge in [-0.25, -0.2) is 13.4 Å². The Labute approximate surface area is 188 Å². The van der Waals surface area contributed by atoms with E-state index in [1.165, 1.54) is 12.1 Å². The average molecular weight is 479 g/mol. The number of pyridine rings is 1. The smallest absolute Gasteiger partial charge is 0.271 e. The molecule has 2 saturated carbocycles. The third-order valence-electron chi connectivity index (χ3n) is 6.52. The van der Waals surface area contributed by atoms with Crippen molar-refractivity contribution >= 4 is 54.0 Å². The zero-order valence-corrected chi connectivity index (χ0v) is 19.1. The molecule has 1 N–H and O–H groups in total. The quantitative estimate of drug-likeness (QED) is 0.534. The van der Waals surface area contributed by atoms with Crippen LogP contribution in [0.3, 0.4) is 0 Å². The number of nitrogens with one attached hydrogen (secondary N) is 1. The summed E-state index contributed by atoms with van der Waals surface area (Å²) < 4.78 is 24.9. The number of rotatable bonds is 4. The van der Waals surface area contributed by atoms with Gasteiger partial charge in [0, 0.05) is 34.0 Å². The van der Waals surface area contributed by atoms with Gasteiger partial charge in [0.15, 0.2) is 0 Å². The summed E-state index contributed by atoms with van der Waals surface area (Å²) in [4.78, 5) is 22.1. The maximum Gasteiger partial charge on any atom is 0.271 e. The van der Waals surface area contributed by atoms with Crippen molar-refractivity contribution < 1.29 is 8.42 Å². The Bertz CT molecular complexity index is 1380. The van der Waals surface area contributed by atoms with E-state index in [1.807, 2.05) is 0 Å². The Morgan fingerprint density at radius 3 is 2.68 bits per heavy atom. The van der Waals surface area contributed by atoms with Crippen molar-refractivity contribution in [1.82, 2.24) is 14.5 Å². The molecule has 0 saturated heterocycles. The third-order valence-corrected chi connectivity index (χ3v) is 8.14. The van der Waals surface area contributed by atoms with Crippen LogP contribution in [0.1, 0.15) is 43.7 Å². The minimum atomic E-state index is -3.81. The molecule has 31 heavy (non-hydrogen) atoms. The second kappa shape index (κ2) is 7.18. The molecule has 0 bridgehead atoms. The van der Waals surface area contributed by atoms with Crippen LogP contribution in [0.25, 0.3) is 11.0 Å². The van der Waals surface area contributed by atoms with E-state index >= 15 is 0 Å². The van der Waals surface area contributed by atoms with Gasteiger partial charge in [-0.2, -0.15) is 4.98 Å². The SMILES string of the molecule is Cc1cc(S(=O)(=O)Cl)ccc1Nc1ncc2cc(Cl)c(=O)n(C3CCCC34CC4)c2n1. The highest BCUT2D eigenvalue weighted by Crippen LogP contribution is 2.63. The Morgan fingerprint density at radius 1 is 1.23 bits per heavy atom. The first-order chi connectivity index (χ1) is 14.7. The maximum atomic E-state index is 13.0. The van der Waals surface area contributed by atoms with E-state index in [2.05, 4.69) is 15.3 Å². The number of aromatic nitrogens is 3. The van der Waals surface area contributed by atoms with Crippen LogP contribution in [-0.4, -0.2) is 23.0 Å². The van der Waals surface area contributed by atoms with Crippen molar-refractivity contribution in [2.24, 2.45) is 5.41 Å². The molecule has 1 spiro atoms. The highest BCUT2D eigenvalue weighted by atomic mass is 35.7. The molecule has 0 amide bonds. The molecule has 5 rings (SSSR count). The van der Waals surface area contributed by atoms with E-state index in [1.54, 1.807) is 29.8 Å². The van der Waals surface area contributed by atoms with Gasteiger partial charge in [0.1, 0.15) is 10.7 Å². The summed E-state index contributed by atoms with van der Waals surface area (Å²) in [5, 5.41) is 4.00. The van der Waals surface area contributed by atoms with Gasteiger partial charge in [-0.05, 0) is 67.9 Å². The van der Waals surface area contributed by atoms with Gasteiger partial charge >= 0.3 is 0 Å². The van der Waals surface area contributed by atoms with E-state index in [0.717, 1.165) is 32.1 Å². The fraction of sp³-hybridized carbons (Fsp3) is 0.381. The first-order valence-electron chi connectivity index (χ1n) is 10.1. The lowest BCUT2D eigenvalue weighted by Crippen LogP contribution is -2.29. The zero-order valence-electron chi connectivity index (χ0n) is 16.7. The monoisotopic (exact) mass is 478 g/mol. The van der Waals surface area contributed by atoms with Crippen LogP contribution >= 0.6 is 22.3 Å². The van der Waals surface area contributed by atoms with Crippen LogP contribution in [-0.2, 0) is 9.05 Å². The van der Waals surface area contributed by atoms with Crippen molar-refractivity contribution in [3.05, 3.63) is 51.4 Å². The maximum absolute atomic E-state index is 13.0. The standard InChI is InChI=1S/C21H20Cl2N4O3S/c1-12-9-14(31(23,29)30)4-5-16(12)25-20-24-11-13-10-15(22)19(28)27(18(13)26-20)17-3-2-6-21(17)7-8-21/h4-5,9-11,17H,2-3,6-8H2,1H3,(H,24,25,26). The molecule has 162 valence electrons. The molecule has 1 atom stereocenters. The number of aryl methyl sites for hydroxylation is 1. The normalized spacial score (nSPS) is 19.8. The number of halogens is 2. The topological polar surface area (TPSA) is 94.0 Å². The minimum Gasteiger partial charge on any atom is -0.324 e. The number of fused-ring (bicyclic) bond motifs is 1. The molecule has 7 nitrogen and oxygen atoms in total. The molecule has 2 fully saturated rings. The summed E-state index contributed by atoms with van der Waals surface area (Å²) in [6.07, 6.45) is 7.07. The Balaban J connectivity index is 1.58. The van der Waals surface area contributed by atoms with E-state index in [9.17, 15) is 13.2 Å². The lowest BCUT2D eigenvalue weighted by atomic mass is 10.00. The molecular weight excluding hydrogens is 459 g/mol. The van der Waals surface area contributed by atoms with Gasteiger partial charge in [-0.3, -0.25) is 9.36 Å². The van der Waals surface area contributed by atoms with Crippen LogP contribution in [0.15, 0.2) is 40.2 Å². The van der Waals surface area contributed by atoms with Gasteiger partial charge < -0.3 is 5.32 Å². The predicted octanol–water partition coefficient (Wildman–Crippen LogP) is 4.93. The van der Waals surface area contributed by atoms with Gasteiger partial charge in [0.2, 0.25) is 5.95 Å². The van der Waals surface area contributed by atoms with Gasteiger partial charge in [0.25, 0.3) is 14.6 Å². The summed E-state index contributed by atoms with van der Waals surface area (Å²) >= 11 is 6.26. The van der Waals surface area contributed by atoms with Crippen LogP contribution in [0.4, 0.5) is 11.6 Å². The Hall–Kier alpha value is -2.16. The van der Waals surface area contributed by atoms with Crippen molar-refractivity contribution in [2.75, 3.05) is 5.32 Å². The van der Waals surface area contributed by atoms with Gasteiger partial charge in [-0.1, -0.05) is 18.0 Å². The van der Waals surface area contributed by atoms with Crippen LogP contribution in [0.5, 0.6) is 0 Å². The van der Waals surface area contributed by atoms with Crippen LogP contribution in [0, 0.1) is 12.3 Å². The summed E-state index contributed by atoms with van der Waals surface area (Å²) in [6, 6.07) is 6.22. The summed E-state index contributed by atoms with van der Waals surface area (Å²) in [5.41, 5.74) is 1.85. The first kappa shape index (κ1) is 20.7. The predicted molar refractivity (Wildman–Crippen MR) is 121 cm³/mol. The molecule has 0 aliphatic heterocycles. The molecular formula is C21H20Cl2N4O3S. The molecule has 0 radical (unpaired) electrons. The van der Waals surface area contributed by atoms with Crippen LogP contribution in [0.2, 0.25) is 5.02 Å². The Morgan fingerprint density at radius 2 is 2.00 bits per heavy atom. The molecule has 1 aromatic carbocycles. The van der Waals surface area contributed by atoms with E-state index < -0.39 is 9.05 Å². The molecule has 2 aliphatic carbocycles. The number of hydrogen-bond acceptors (Lipinski definition) is 6. The third kappa shape index (κ3) is 3.60. The van der Waals surface area contributed by atoms with Crippen molar-refractivity contribution in [3.8, 4) is 0 Å². The molecule has 2 heterocycles. The summed E-state index contributed by atoms with van der Waals surface area (Å²) in [5.74, 6) is 0.315. The van der Waals surface area contributed by atoms with Crippen molar-refractivity contribution in [2.45, 2.75) is 50.0 Å². The number of benzene rings is 1. The highest BCUT2D eigenvalue weighted by molar-refractivity contribution is 8.13. The van der Waals surface area contributed by atoms with Crippen LogP contribution < -0.4 is 10.9 Å². The minimum absolute atomic E-state index is 0.0242. The van der Waals surface area contributed by atoms with Crippen molar-refractivity contribution in [1.29, 1.82) is 0 Å². The molecule has 2 aliphatic rings. The number of nitrogens with zero attached hydrogens (tertiary/aromatic N) is 3. The Kier molecular flexibility index (Phi) is 4.80. The van der Waals surface area contributed by atoms with E-state index in [-0.39, 0.29) is 26.9 Å². The summed E-state index contributed by atoms with van der Waals surface area (Å²) in [7, 11) is 1.62. The molecule has 3 aromatic rings. The van der Waals surface area contributed by atoms with Gasteiger partial charge in [-0.15, -0.1) is 0 Å². The lowest BCUT2D eigenvalue weighted by Gasteiger charge is -2.23. The van der Waals surface area contributed by atoms with Crippen molar-refractivity contribution in [3.63, 3.8) is 0 Å². The second-order valence-electron chi connectivity index (χ2n) is 8.45. The second-order valence-corrected chi connectivity index (χ2v) is 11.4. The highest BCUT2D eigenvalue weighted by Gasteiger charge is 2.53. The average Bonchev–Trinajstić information content (AvgIpc) is 3.37. The van der Waals surface area contributed by atoms with Gasteiger partial charge in [0.05, 0.1) is 4.90 Å². The largest absolute Gasteiger partial charge is 0.324 e. The fourth-order valence-electron chi connectivity index (χ4n) is 4.75. The molecule has 1 unspecified atom stereocenters. The molecule has 10 heteroatoms. The summed E-state index contributed by atoms with van der Waals surface area (Å²) in [6.45, 7) is 1.76. The number of hydrogen-bond donors (Lipinski definition) is 1. The van der Waals surface area contributed by atoms with E-state index in [0.29, 0.717) is 28.2 Å². The number of anilines is 2. The fourth-order valence-corrected chi connectivity index (χ4v) is 5.80. The zero-order chi connectivity index (χ0) is 22.0. The first-order valence-corrected chi connectivity index (χ1v) is 12.8.